The van der Waals surface area contributed by atoms with E-state index in [2.05, 4.69) is 11.4 Å². The van der Waals surface area contributed by atoms with Crippen LogP contribution in [0.1, 0.15) is 41.9 Å². The van der Waals surface area contributed by atoms with E-state index in [9.17, 15) is 14.9 Å². The third kappa shape index (κ3) is 5.90. The predicted molar refractivity (Wildman–Crippen MR) is 133 cm³/mol. The number of carbonyl (C=O) groups excluding carboxylic acids is 2. The van der Waals surface area contributed by atoms with Crippen molar-refractivity contribution in [1.29, 1.82) is 5.26 Å². The lowest BCUT2D eigenvalue weighted by Crippen LogP contribution is -2.41. The van der Waals surface area contributed by atoms with Crippen molar-refractivity contribution in [1.82, 2.24) is 4.90 Å². The molecule has 1 aliphatic heterocycles. The molecule has 1 N–H and O–H groups in total. The predicted octanol–water partition coefficient (Wildman–Crippen LogP) is 5.15. The number of likely N-dealkylation sites (tertiary alicyclic amines) is 1. The molecule has 1 unspecified atom stereocenters. The molecule has 1 saturated heterocycles. The summed E-state index contributed by atoms with van der Waals surface area (Å²) < 4.78 is 0. The Kier molecular flexibility index (Phi) is 7.72. The number of carbonyl (C=O) groups is 2. The molecule has 5 nitrogen and oxygen atoms in total. The van der Waals surface area contributed by atoms with Gasteiger partial charge in [-0.2, -0.15) is 5.26 Å². The molecular weight excluding hydrogens is 422 g/mol. The fraction of sp³-hybridized carbons (Fsp3) is 0.276. The Bertz CT molecular complexity index is 1130. The maximum absolute atomic E-state index is 12.8. The molecule has 0 aromatic heterocycles. The molecule has 0 bridgehead atoms. The van der Waals surface area contributed by atoms with Crippen LogP contribution in [0, 0.1) is 17.2 Å². The van der Waals surface area contributed by atoms with E-state index in [1.165, 1.54) is 5.56 Å². The van der Waals surface area contributed by atoms with Crippen molar-refractivity contribution in [3.8, 4) is 6.07 Å². The van der Waals surface area contributed by atoms with E-state index in [4.69, 9.17) is 0 Å². The second kappa shape index (κ2) is 11.3. The second-order valence-electron chi connectivity index (χ2n) is 8.72. The van der Waals surface area contributed by atoms with Crippen LogP contribution in [0.5, 0.6) is 0 Å². The van der Waals surface area contributed by atoms with E-state index < -0.39 is 0 Å². The lowest BCUT2D eigenvalue weighted by molar-refractivity contribution is -0.134. The Morgan fingerprint density at radius 2 is 1.47 bits per heavy atom. The van der Waals surface area contributed by atoms with Gasteiger partial charge >= 0.3 is 0 Å². The molecule has 2 amide bonds. The largest absolute Gasteiger partial charge is 0.343 e. The number of piperidine rings is 1. The highest BCUT2D eigenvalue weighted by molar-refractivity contribution is 5.92. The van der Waals surface area contributed by atoms with E-state index in [0.717, 1.165) is 23.2 Å². The monoisotopic (exact) mass is 451 g/mol. The number of hydrogen-bond donors (Lipinski definition) is 1. The fourth-order valence-electron chi connectivity index (χ4n) is 4.44. The number of nitriles is 1. The molecule has 0 aliphatic carbocycles. The highest BCUT2D eigenvalue weighted by Crippen LogP contribution is 2.26. The Balaban J connectivity index is 1.26. The highest BCUT2D eigenvalue weighted by atomic mass is 16.2. The van der Waals surface area contributed by atoms with Crippen LogP contribution >= 0.6 is 0 Å². The molecule has 3 aromatic rings. The minimum absolute atomic E-state index is 0.0102. The molecule has 3 aromatic carbocycles. The minimum Gasteiger partial charge on any atom is -0.343 e. The third-order valence-corrected chi connectivity index (χ3v) is 6.46. The zero-order valence-corrected chi connectivity index (χ0v) is 19.2. The van der Waals surface area contributed by atoms with Gasteiger partial charge < -0.3 is 10.2 Å². The number of aryl methyl sites for hydroxylation is 1. The topological polar surface area (TPSA) is 73.2 Å². The van der Waals surface area contributed by atoms with E-state index in [1.807, 2.05) is 89.8 Å². The summed E-state index contributed by atoms with van der Waals surface area (Å²) in [7, 11) is 0. The van der Waals surface area contributed by atoms with Crippen molar-refractivity contribution in [3.63, 3.8) is 0 Å². The summed E-state index contributed by atoms with van der Waals surface area (Å²) in [5, 5.41) is 12.6. The molecule has 34 heavy (non-hydrogen) atoms. The van der Waals surface area contributed by atoms with Crippen LogP contribution in [-0.2, 0) is 16.0 Å². The molecule has 1 fully saturated rings. The maximum Gasteiger partial charge on any atom is 0.227 e. The normalized spacial score (nSPS) is 14.7. The van der Waals surface area contributed by atoms with Gasteiger partial charge in [0.25, 0.3) is 0 Å². The summed E-state index contributed by atoms with van der Waals surface area (Å²) in [6.07, 6.45) is 2.59. The summed E-state index contributed by atoms with van der Waals surface area (Å²) in [5.74, 6) is -0.295. The van der Waals surface area contributed by atoms with E-state index in [0.29, 0.717) is 32.4 Å². The number of anilines is 1. The number of hydrogen-bond acceptors (Lipinski definition) is 3. The first kappa shape index (κ1) is 23.3. The Morgan fingerprint density at radius 1 is 0.882 bits per heavy atom. The summed E-state index contributed by atoms with van der Waals surface area (Å²) in [5.41, 5.74) is 3.74. The highest BCUT2D eigenvalue weighted by Gasteiger charge is 2.27. The van der Waals surface area contributed by atoms with Gasteiger partial charge in [0.1, 0.15) is 0 Å². The average molecular weight is 452 g/mol. The summed E-state index contributed by atoms with van der Waals surface area (Å²) in [6, 6.07) is 29.6. The van der Waals surface area contributed by atoms with Gasteiger partial charge in [-0.1, -0.05) is 72.8 Å². The first-order valence-corrected chi connectivity index (χ1v) is 11.8. The van der Waals surface area contributed by atoms with Crippen LogP contribution in [0.25, 0.3) is 0 Å². The molecule has 0 saturated carbocycles. The van der Waals surface area contributed by atoms with Gasteiger partial charge in [0.2, 0.25) is 11.8 Å². The lowest BCUT2D eigenvalue weighted by Gasteiger charge is -2.31. The van der Waals surface area contributed by atoms with Gasteiger partial charge in [-0.25, -0.2) is 0 Å². The molecule has 0 spiro atoms. The van der Waals surface area contributed by atoms with Gasteiger partial charge in [-0.3, -0.25) is 9.59 Å². The zero-order valence-electron chi connectivity index (χ0n) is 19.2. The average Bonchev–Trinajstić information content (AvgIpc) is 2.90. The third-order valence-electron chi connectivity index (χ3n) is 6.46. The number of nitrogens with one attached hydrogen (secondary N) is 1. The molecule has 1 aliphatic rings. The summed E-state index contributed by atoms with van der Waals surface area (Å²) in [4.78, 5) is 27.2. The SMILES string of the molecule is N#CC(c1ccccc1)c1ccc(NC(=O)C2CCN(C(=O)CCc3ccccc3)CC2)cc1. The summed E-state index contributed by atoms with van der Waals surface area (Å²) >= 11 is 0. The van der Waals surface area contributed by atoms with Crippen LogP contribution in [0.15, 0.2) is 84.9 Å². The van der Waals surface area contributed by atoms with Crippen molar-refractivity contribution in [2.75, 3.05) is 18.4 Å². The number of nitrogens with zero attached hydrogens (tertiary/aromatic N) is 2. The number of rotatable bonds is 7. The smallest absolute Gasteiger partial charge is 0.227 e. The van der Waals surface area contributed by atoms with Gasteiger partial charge in [0.05, 0.1) is 12.0 Å². The van der Waals surface area contributed by atoms with Gasteiger partial charge in [-0.15, -0.1) is 0 Å². The van der Waals surface area contributed by atoms with Crippen molar-refractivity contribution in [3.05, 3.63) is 102 Å². The molecule has 5 heteroatoms. The van der Waals surface area contributed by atoms with Crippen LogP contribution in [0.3, 0.4) is 0 Å². The Morgan fingerprint density at radius 3 is 2.09 bits per heavy atom. The number of amides is 2. The van der Waals surface area contributed by atoms with Crippen molar-refractivity contribution < 1.29 is 9.59 Å². The molecule has 1 heterocycles. The van der Waals surface area contributed by atoms with Gasteiger partial charge in [-0.05, 0) is 48.1 Å². The molecule has 1 atom stereocenters. The lowest BCUT2D eigenvalue weighted by atomic mass is 9.92. The van der Waals surface area contributed by atoms with E-state index in [1.54, 1.807) is 0 Å². The van der Waals surface area contributed by atoms with Crippen LogP contribution < -0.4 is 5.32 Å². The van der Waals surface area contributed by atoms with Crippen LogP contribution in [0.4, 0.5) is 5.69 Å². The van der Waals surface area contributed by atoms with Gasteiger partial charge in [0, 0.05) is 31.1 Å². The number of benzene rings is 3. The Labute approximate surface area is 201 Å². The van der Waals surface area contributed by atoms with Crippen molar-refractivity contribution in [2.45, 2.75) is 31.6 Å². The minimum atomic E-state index is -0.338. The fourth-order valence-corrected chi connectivity index (χ4v) is 4.44. The first-order chi connectivity index (χ1) is 16.6. The van der Waals surface area contributed by atoms with Crippen molar-refractivity contribution in [2.24, 2.45) is 5.92 Å². The van der Waals surface area contributed by atoms with Crippen LogP contribution in [-0.4, -0.2) is 29.8 Å². The molecule has 172 valence electrons. The van der Waals surface area contributed by atoms with Crippen molar-refractivity contribution >= 4 is 17.5 Å². The first-order valence-electron chi connectivity index (χ1n) is 11.8. The standard InChI is InChI=1S/C29H29N3O2/c30-21-27(23-9-5-2-6-10-23)24-12-14-26(15-13-24)31-29(34)25-17-19-32(20-18-25)28(33)16-11-22-7-3-1-4-8-22/h1-10,12-15,25,27H,11,16-20H2,(H,31,34). The summed E-state index contributed by atoms with van der Waals surface area (Å²) in [6.45, 7) is 1.23. The molecular formula is C29H29N3O2. The van der Waals surface area contributed by atoms with E-state index >= 15 is 0 Å². The van der Waals surface area contributed by atoms with Crippen LogP contribution in [0.2, 0.25) is 0 Å². The maximum atomic E-state index is 12.8. The van der Waals surface area contributed by atoms with E-state index in [-0.39, 0.29) is 23.7 Å². The molecule has 4 rings (SSSR count). The molecule has 0 radical (unpaired) electrons. The zero-order chi connectivity index (χ0) is 23.8. The van der Waals surface area contributed by atoms with Gasteiger partial charge in [0.15, 0.2) is 0 Å². The Hall–Kier alpha value is -3.91. The quantitative estimate of drug-likeness (QED) is 0.540. The second-order valence-corrected chi connectivity index (χ2v) is 8.72.